The third kappa shape index (κ3) is 2.61. The number of benzene rings is 1. The van der Waals surface area contributed by atoms with Crippen LogP contribution in [0.4, 0.5) is 0 Å². The average Bonchev–Trinajstić information content (AvgIpc) is 3.08. The monoisotopic (exact) mass is 314 g/mol. The highest BCUT2D eigenvalue weighted by Crippen LogP contribution is 2.47. The van der Waals surface area contributed by atoms with Gasteiger partial charge in [0.1, 0.15) is 18.1 Å². The van der Waals surface area contributed by atoms with Crippen LogP contribution in [-0.2, 0) is 30.3 Å². The Morgan fingerprint density at radius 2 is 2.09 bits per heavy atom. The number of rotatable bonds is 4. The minimum Gasteiger partial charge on any atom is -0.497 e. The molecule has 120 valence electrons. The van der Waals surface area contributed by atoms with Crippen LogP contribution >= 0.6 is 0 Å². The quantitative estimate of drug-likeness (QED) is 0.799. The molecule has 0 aromatic heterocycles. The molecule has 23 heavy (non-hydrogen) atoms. The third-order valence-corrected chi connectivity index (χ3v) is 4.53. The minimum atomic E-state index is -0.478. The summed E-state index contributed by atoms with van der Waals surface area (Å²) >= 11 is 0. The maximum atomic E-state index is 11.5. The van der Waals surface area contributed by atoms with Crippen LogP contribution in [0.5, 0.6) is 0 Å². The Labute approximate surface area is 134 Å². The Hall–Kier alpha value is -2.27. The van der Waals surface area contributed by atoms with Gasteiger partial charge in [0.05, 0.1) is 25.6 Å². The van der Waals surface area contributed by atoms with E-state index in [1.165, 1.54) is 0 Å². The summed E-state index contributed by atoms with van der Waals surface area (Å²) in [5, 5.41) is 0. The Kier molecular flexibility index (Phi) is 3.58. The van der Waals surface area contributed by atoms with Gasteiger partial charge in [-0.3, -0.25) is 4.79 Å². The molecule has 5 heteroatoms. The van der Waals surface area contributed by atoms with E-state index in [2.05, 4.69) is 0 Å². The van der Waals surface area contributed by atoms with Crippen molar-refractivity contribution >= 4 is 5.97 Å². The molecule has 0 amide bonds. The first kappa shape index (κ1) is 14.3. The molecule has 0 N–H and O–H groups in total. The Morgan fingerprint density at radius 1 is 1.26 bits per heavy atom. The van der Waals surface area contributed by atoms with Gasteiger partial charge in [-0.05, 0) is 11.6 Å². The number of esters is 1. The molecule has 1 aromatic rings. The maximum Gasteiger partial charge on any atom is 0.308 e. The minimum absolute atomic E-state index is 0.00387. The molecule has 4 atom stereocenters. The fraction of sp³-hybridized carbons (Fsp3) is 0.389. The van der Waals surface area contributed by atoms with Crippen molar-refractivity contribution in [3.05, 3.63) is 59.6 Å². The van der Waals surface area contributed by atoms with Gasteiger partial charge in [0.25, 0.3) is 0 Å². The van der Waals surface area contributed by atoms with Gasteiger partial charge in [-0.15, -0.1) is 0 Å². The smallest absolute Gasteiger partial charge is 0.308 e. The molecule has 0 unspecified atom stereocenters. The van der Waals surface area contributed by atoms with E-state index in [1.807, 2.05) is 42.5 Å². The molecule has 2 saturated heterocycles. The molecule has 3 aliphatic rings. The third-order valence-electron chi connectivity index (χ3n) is 4.53. The number of carbonyl (C=O) groups excluding carboxylic acids is 1. The SMILES string of the molecule is COC1=C[C@@H]2O[C@H]3OC(=O)C[C@H]3[C@@H]2C(OCc2ccccc2)=C1. The molecule has 0 radical (unpaired) electrons. The first-order valence-corrected chi connectivity index (χ1v) is 7.73. The van der Waals surface area contributed by atoms with Crippen molar-refractivity contribution in [3.63, 3.8) is 0 Å². The van der Waals surface area contributed by atoms with Crippen molar-refractivity contribution in [2.75, 3.05) is 7.11 Å². The molecule has 0 spiro atoms. The van der Waals surface area contributed by atoms with Crippen molar-refractivity contribution < 1.29 is 23.7 Å². The van der Waals surface area contributed by atoms with E-state index in [-0.39, 0.29) is 23.9 Å². The number of hydrogen-bond donors (Lipinski definition) is 0. The molecule has 4 rings (SSSR count). The zero-order valence-corrected chi connectivity index (χ0v) is 12.8. The second kappa shape index (κ2) is 5.74. The first-order chi connectivity index (χ1) is 11.2. The summed E-state index contributed by atoms with van der Waals surface area (Å²) in [6.07, 6.45) is 3.52. The van der Waals surface area contributed by atoms with Gasteiger partial charge in [-0.2, -0.15) is 0 Å². The predicted molar refractivity (Wildman–Crippen MR) is 80.8 cm³/mol. The van der Waals surface area contributed by atoms with Gasteiger partial charge >= 0.3 is 5.97 Å². The van der Waals surface area contributed by atoms with E-state index in [4.69, 9.17) is 18.9 Å². The number of fused-ring (bicyclic) bond motifs is 3. The fourth-order valence-electron chi connectivity index (χ4n) is 3.43. The summed E-state index contributed by atoms with van der Waals surface area (Å²) in [5.41, 5.74) is 1.09. The molecule has 0 saturated carbocycles. The van der Waals surface area contributed by atoms with E-state index in [9.17, 15) is 4.79 Å². The van der Waals surface area contributed by atoms with Gasteiger partial charge in [0, 0.05) is 12.0 Å². The van der Waals surface area contributed by atoms with Crippen molar-refractivity contribution in [2.24, 2.45) is 11.8 Å². The van der Waals surface area contributed by atoms with Gasteiger partial charge < -0.3 is 18.9 Å². The van der Waals surface area contributed by atoms with Crippen LogP contribution in [0.1, 0.15) is 12.0 Å². The topological polar surface area (TPSA) is 54.0 Å². The van der Waals surface area contributed by atoms with Crippen LogP contribution in [0, 0.1) is 11.8 Å². The average molecular weight is 314 g/mol. The van der Waals surface area contributed by atoms with E-state index >= 15 is 0 Å². The maximum absolute atomic E-state index is 11.5. The fourth-order valence-corrected chi connectivity index (χ4v) is 3.43. The molecule has 1 aliphatic carbocycles. The Bertz CT molecular complexity index is 663. The van der Waals surface area contributed by atoms with E-state index in [0.29, 0.717) is 18.8 Å². The lowest BCUT2D eigenvalue weighted by atomic mass is 9.84. The Morgan fingerprint density at radius 3 is 2.87 bits per heavy atom. The van der Waals surface area contributed by atoms with Crippen LogP contribution in [0.15, 0.2) is 54.0 Å². The van der Waals surface area contributed by atoms with Gasteiger partial charge in [-0.25, -0.2) is 0 Å². The van der Waals surface area contributed by atoms with Crippen molar-refractivity contribution in [1.82, 2.24) is 0 Å². The van der Waals surface area contributed by atoms with E-state index in [0.717, 1.165) is 11.3 Å². The number of allylic oxidation sites excluding steroid dienone is 1. The molecule has 2 fully saturated rings. The number of hydrogen-bond acceptors (Lipinski definition) is 5. The largest absolute Gasteiger partial charge is 0.497 e. The van der Waals surface area contributed by atoms with Crippen LogP contribution in [0.2, 0.25) is 0 Å². The van der Waals surface area contributed by atoms with Crippen LogP contribution in [0.3, 0.4) is 0 Å². The first-order valence-electron chi connectivity index (χ1n) is 7.73. The molecule has 5 nitrogen and oxygen atoms in total. The van der Waals surface area contributed by atoms with E-state index < -0.39 is 6.29 Å². The summed E-state index contributed by atoms with van der Waals surface area (Å²) in [6.45, 7) is 0.471. The van der Waals surface area contributed by atoms with Crippen molar-refractivity contribution in [1.29, 1.82) is 0 Å². The highest BCUT2D eigenvalue weighted by atomic mass is 16.7. The summed E-state index contributed by atoms with van der Waals surface area (Å²) in [7, 11) is 1.62. The zero-order chi connectivity index (χ0) is 15.8. The highest BCUT2D eigenvalue weighted by molar-refractivity contribution is 5.72. The lowest BCUT2D eigenvalue weighted by Gasteiger charge is -2.26. The number of ether oxygens (including phenoxy) is 4. The van der Waals surface area contributed by atoms with Crippen LogP contribution < -0.4 is 0 Å². The van der Waals surface area contributed by atoms with Crippen molar-refractivity contribution in [3.8, 4) is 0 Å². The second-order valence-electron chi connectivity index (χ2n) is 5.95. The second-order valence-corrected chi connectivity index (χ2v) is 5.95. The van der Waals surface area contributed by atoms with Crippen LogP contribution in [-0.4, -0.2) is 25.5 Å². The summed E-state index contributed by atoms with van der Waals surface area (Å²) in [6, 6.07) is 9.97. The summed E-state index contributed by atoms with van der Waals surface area (Å²) < 4.78 is 22.5. The normalized spacial score (nSPS) is 31.6. The molecule has 0 bridgehead atoms. The lowest BCUT2D eigenvalue weighted by molar-refractivity contribution is -0.161. The van der Waals surface area contributed by atoms with Gasteiger partial charge in [0.15, 0.2) is 0 Å². The zero-order valence-electron chi connectivity index (χ0n) is 12.8. The predicted octanol–water partition coefficient (Wildman–Crippen LogP) is 2.54. The molecular weight excluding hydrogens is 296 g/mol. The molecule has 1 aromatic carbocycles. The van der Waals surface area contributed by atoms with E-state index in [1.54, 1.807) is 7.11 Å². The molecule has 2 heterocycles. The number of methoxy groups -OCH3 is 1. The van der Waals surface area contributed by atoms with Gasteiger partial charge in [0.2, 0.25) is 6.29 Å². The highest BCUT2D eigenvalue weighted by Gasteiger charge is 2.53. The summed E-state index contributed by atoms with van der Waals surface area (Å²) in [5.74, 6) is 1.30. The molecular formula is C18H18O5. The van der Waals surface area contributed by atoms with Crippen molar-refractivity contribution in [2.45, 2.75) is 25.4 Å². The standard InChI is InChI=1S/C18H18O5/c1-20-12-7-14(21-10-11-5-3-2-4-6-11)17-13-9-16(19)23-18(13)22-15(17)8-12/h2-8,13,15,17-18H,9-10H2,1H3/t13-,15-,17+,18-/m0/s1. The lowest BCUT2D eigenvalue weighted by Crippen LogP contribution is -2.26. The van der Waals surface area contributed by atoms with Gasteiger partial charge in [-0.1, -0.05) is 30.3 Å². The summed E-state index contributed by atoms with van der Waals surface area (Å²) in [4.78, 5) is 11.5. The Balaban J connectivity index is 1.56. The molecule has 2 aliphatic heterocycles. The van der Waals surface area contributed by atoms with Crippen LogP contribution in [0.25, 0.3) is 0 Å². The number of carbonyl (C=O) groups is 1.